The zero-order valence-corrected chi connectivity index (χ0v) is 10.7. The van der Waals surface area contributed by atoms with Crippen molar-refractivity contribution in [1.82, 2.24) is 9.97 Å². The Labute approximate surface area is 102 Å². The van der Waals surface area contributed by atoms with Gasteiger partial charge >= 0.3 is 0 Å². The van der Waals surface area contributed by atoms with E-state index in [-0.39, 0.29) is 0 Å². The fraction of sp³-hybridized carbons (Fsp3) is 0.667. The van der Waals surface area contributed by atoms with Crippen molar-refractivity contribution in [3.63, 3.8) is 0 Å². The van der Waals surface area contributed by atoms with Crippen molar-refractivity contribution in [3.8, 4) is 0 Å². The molecular formula is C12H20N4O. The molecular weight excluding hydrogens is 216 g/mol. The summed E-state index contributed by atoms with van der Waals surface area (Å²) in [5.74, 6) is 1.85. The molecule has 0 aliphatic carbocycles. The van der Waals surface area contributed by atoms with Crippen LogP contribution in [0.25, 0.3) is 0 Å². The van der Waals surface area contributed by atoms with E-state index in [9.17, 15) is 0 Å². The van der Waals surface area contributed by atoms with E-state index in [0.29, 0.717) is 12.1 Å². The first-order valence-electron chi connectivity index (χ1n) is 6.04. The fourth-order valence-electron chi connectivity index (χ4n) is 2.32. The van der Waals surface area contributed by atoms with Crippen molar-refractivity contribution in [2.45, 2.75) is 31.9 Å². The third kappa shape index (κ3) is 2.66. The summed E-state index contributed by atoms with van der Waals surface area (Å²) < 4.78 is 5.42. The number of nitrogens with one attached hydrogen (secondary N) is 1. The predicted octanol–water partition coefficient (Wildman–Crippen LogP) is 1.52. The maximum absolute atomic E-state index is 5.42. The van der Waals surface area contributed by atoms with Crippen LogP contribution < -0.4 is 10.2 Å². The Balaban J connectivity index is 2.11. The number of ether oxygens (including phenoxy) is 1. The lowest BCUT2D eigenvalue weighted by Gasteiger charge is -2.37. The molecule has 0 radical (unpaired) electrons. The SMILES string of the molecule is CNc1cc(N2CCC(OC)CC2C)ncn1. The summed E-state index contributed by atoms with van der Waals surface area (Å²) in [6.45, 7) is 3.20. The van der Waals surface area contributed by atoms with E-state index in [1.807, 2.05) is 13.1 Å². The minimum atomic E-state index is 0.381. The minimum Gasteiger partial charge on any atom is -0.381 e. The van der Waals surface area contributed by atoms with E-state index in [0.717, 1.165) is 31.0 Å². The molecule has 5 nitrogen and oxygen atoms in total. The van der Waals surface area contributed by atoms with Crippen molar-refractivity contribution < 1.29 is 4.74 Å². The highest BCUT2D eigenvalue weighted by molar-refractivity contribution is 5.49. The summed E-state index contributed by atoms with van der Waals surface area (Å²) in [6, 6.07) is 2.44. The van der Waals surface area contributed by atoms with Gasteiger partial charge in [0.15, 0.2) is 0 Å². The highest BCUT2D eigenvalue weighted by Gasteiger charge is 2.26. The largest absolute Gasteiger partial charge is 0.381 e. The number of hydrogen-bond donors (Lipinski definition) is 1. The van der Waals surface area contributed by atoms with Crippen LogP contribution in [0.1, 0.15) is 19.8 Å². The second kappa shape index (κ2) is 5.31. The Morgan fingerprint density at radius 2 is 2.29 bits per heavy atom. The topological polar surface area (TPSA) is 50.3 Å². The van der Waals surface area contributed by atoms with E-state index >= 15 is 0 Å². The van der Waals surface area contributed by atoms with Crippen LogP contribution in [0.15, 0.2) is 12.4 Å². The van der Waals surface area contributed by atoms with Crippen LogP contribution in [0.2, 0.25) is 0 Å². The second-order valence-electron chi connectivity index (χ2n) is 4.44. The first kappa shape index (κ1) is 12.1. The van der Waals surface area contributed by atoms with Crippen LogP contribution in [-0.2, 0) is 4.74 Å². The van der Waals surface area contributed by atoms with E-state index in [2.05, 4.69) is 27.1 Å². The second-order valence-corrected chi connectivity index (χ2v) is 4.44. The number of methoxy groups -OCH3 is 1. The lowest BCUT2D eigenvalue weighted by Crippen LogP contribution is -2.43. The molecule has 1 N–H and O–H groups in total. The molecule has 94 valence electrons. The molecule has 0 spiro atoms. The number of rotatable bonds is 3. The molecule has 1 aromatic heterocycles. The molecule has 5 heteroatoms. The van der Waals surface area contributed by atoms with Gasteiger partial charge in [0, 0.05) is 32.8 Å². The Morgan fingerprint density at radius 3 is 2.94 bits per heavy atom. The molecule has 2 unspecified atom stereocenters. The molecule has 1 aliphatic heterocycles. The van der Waals surface area contributed by atoms with Gasteiger partial charge in [-0.1, -0.05) is 0 Å². The molecule has 2 heterocycles. The Kier molecular flexibility index (Phi) is 3.78. The van der Waals surface area contributed by atoms with Crippen LogP contribution in [0.4, 0.5) is 11.6 Å². The van der Waals surface area contributed by atoms with E-state index in [4.69, 9.17) is 4.74 Å². The predicted molar refractivity (Wildman–Crippen MR) is 68.4 cm³/mol. The van der Waals surface area contributed by atoms with Crippen molar-refractivity contribution >= 4 is 11.6 Å². The van der Waals surface area contributed by atoms with Crippen LogP contribution in [0, 0.1) is 0 Å². The molecule has 0 amide bonds. The first-order valence-corrected chi connectivity index (χ1v) is 6.04. The van der Waals surface area contributed by atoms with Crippen LogP contribution in [-0.4, -0.2) is 42.8 Å². The number of anilines is 2. The molecule has 0 bridgehead atoms. The van der Waals surface area contributed by atoms with Gasteiger partial charge < -0.3 is 15.0 Å². The number of piperidine rings is 1. The summed E-state index contributed by atoms with van der Waals surface area (Å²) in [5.41, 5.74) is 0. The zero-order chi connectivity index (χ0) is 12.3. The van der Waals surface area contributed by atoms with Gasteiger partial charge in [-0.3, -0.25) is 0 Å². The monoisotopic (exact) mass is 236 g/mol. The Hall–Kier alpha value is -1.36. The molecule has 1 saturated heterocycles. The molecule has 0 saturated carbocycles. The lowest BCUT2D eigenvalue weighted by atomic mass is 10.0. The van der Waals surface area contributed by atoms with Gasteiger partial charge in [0.05, 0.1) is 6.10 Å². The fourth-order valence-corrected chi connectivity index (χ4v) is 2.32. The molecule has 1 aliphatic rings. The number of aromatic nitrogens is 2. The quantitative estimate of drug-likeness (QED) is 0.862. The molecule has 0 aromatic carbocycles. The molecule has 17 heavy (non-hydrogen) atoms. The van der Waals surface area contributed by atoms with Crippen molar-refractivity contribution in [3.05, 3.63) is 12.4 Å². The van der Waals surface area contributed by atoms with Gasteiger partial charge in [0.25, 0.3) is 0 Å². The van der Waals surface area contributed by atoms with Crippen LogP contribution >= 0.6 is 0 Å². The highest BCUT2D eigenvalue weighted by Crippen LogP contribution is 2.25. The highest BCUT2D eigenvalue weighted by atomic mass is 16.5. The minimum absolute atomic E-state index is 0.381. The smallest absolute Gasteiger partial charge is 0.134 e. The Bertz CT molecular complexity index is 371. The summed E-state index contributed by atoms with van der Waals surface area (Å²) in [4.78, 5) is 10.8. The van der Waals surface area contributed by atoms with E-state index in [1.54, 1.807) is 13.4 Å². The first-order chi connectivity index (χ1) is 8.24. The molecule has 1 fully saturated rings. The van der Waals surface area contributed by atoms with Gasteiger partial charge in [-0.15, -0.1) is 0 Å². The van der Waals surface area contributed by atoms with E-state index < -0.39 is 0 Å². The number of hydrogen-bond acceptors (Lipinski definition) is 5. The van der Waals surface area contributed by atoms with Crippen LogP contribution in [0.5, 0.6) is 0 Å². The molecule has 1 aromatic rings. The summed E-state index contributed by atoms with van der Waals surface area (Å²) in [7, 11) is 3.66. The van der Waals surface area contributed by atoms with E-state index in [1.165, 1.54) is 0 Å². The maximum Gasteiger partial charge on any atom is 0.134 e. The van der Waals surface area contributed by atoms with Crippen molar-refractivity contribution in [2.24, 2.45) is 0 Å². The van der Waals surface area contributed by atoms with Crippen molar-refractivity contribution in [2.75, 3.05) is 30.9 Å². The standard InChI is InChI=1S/C12H20N4O/c1-9-6-10(17-3)4-5-16(9)12-7-11(13-2)14-8-15-12/h7-10H,4-6H2,1-3H3,(H,13,14,15). The molecule has 2 rings (SSSR count). The molecule has 2 atom stereocenters. The third-order valence-corrected chi connectivity index (χ3v) is 3.36. The lowest BCUT2D eigenvalue weighted by molar-refractivity contribution is 0.0719. The van der Waals surface area contributed by atoms with Gasteiger partial charge in [0.2, 0.25) is 0 Å². The van der Waals surface area contributed by atoms with Gasteiger partial charge in [-0.05, 0) is 19.8 Å². The summed E-state index contributed by atoms with van der Waals surface area (Å²) in [5, 5.41) is 3.04. The average Bonchev–Trinajstić information content (AvgIpc) is 2.38. The normalized spacial score (nSPS) is 24.8. The Morgan fingerprint density at radius 1 is 1.47 bits per heavy atom. The van der Waals surface area contributed by atoms with Crippen molar-refractivity contribution in [1.29, 1.82) is 0 Å². The van der Waals surface area contributed by atoms with Gasteiger partial charge in [0.1, 0.15) is 18.0 Å². The summed E-state index contributed by atoms with van der Waals surface area (Å²) in [6.07, 6.45) is 4.10. The number of nitrogens with zero attached hydrogens (tertiary/aromatic N) is 3. The summed E-state index contributed by atoms with van der Waals surface area (Å²) >= 11 is 0. The van der Waals surface area contributed by atoms with Crippen LogP contribution in [0.3, 0.4) is 0 Å². The maximum atomic E-state index is 5.42. The third-order valence-electron chi connectivity index (χ3n) is 3.36. The van der Waals surface area contributed by atoms with Gasteiger partial charge in [-0.2, -0.15) is 0 Å². The van der Waals surface area contributed by atoms with Gasteiger partial charge in [-0.25, -0.2) is 9.97 Å². The average molecular weight is 236 g/mol. The zero-order valence-electron chi connectivity index (χ0n) is 10.7.